The number of hydrogen-bond acceptors (Lipinski definition) is 9. The number of nitrogens with one attached hydrogen (secondary N) is 1. The highest BCUT2D eigenvalue weighted by atomic mass is 32.1. The van der Waals surface area contributed by atoms with Crippen molar-refractivity contribution < 1.29 is 13.3 Å². The molecule has 8 nitrogen and oxygen atoms in total. The van der Waals surface area contributed by atoms with Gasteiger partial charge in [-0.15, -0.1) is 11.3 Å². The number of hydrogen-bond donors (Lipinski definition) is 2. The van der Waals surface area contributed by atoms with E-state index in [0.717, 1.165) is 21.8 Å². The van der Waals surface area contributed by atoms with E-state index in [2.05, 4.69) is 25.4 Å². The molecule has 0 amide bonds. The maximum atomic E-state index is 14.8. The number of nitrogens with two attached hydrogens (primary N) is 1. The number of fused-ring (bicyclic) bond motifs is 1. The van der Waals surface area contributed by atoms with Crippen molar-refractivity contribution in [2.75, 3.05) is 11.1 Å². The minimum atomic E-state index is -0.686. The van der Waals surface area contributed by atoms with Crippen LogP contribution in [-0.4, -0.2) is 25.1 Å². The number of aryl methyl sites for hydroxylation is 1. The number of halogens is 2. The zero-order chi connectivity index (χ0) is 23.8. The Morgan fingerprint density at radius 3 is 2.74 bits per heavy atom. The van der Waals surface area contributed by atoms with E-state index < -0.39 is 11.6 Å². The summed E-state index contributed by atoms with van der Waals surface area (Å²) in [5.74, 6) is -0.127. The fourth-order valence-electron chi connectivity index (χ4n) is 3.77. The zero-order valence-corrected chi connectivity index (χ0v) is 19.0. The summed E-state index contributed by atoms with van der Waals surface area (Å²) in [5, 5.41) is 10.2. The van der Waals surface area contributed by atoms with Crippen molar-refractivity contribution in [3.63, 3.8) is 0 Å². The minimum absolute atomic E-state index is 0.185. The first-order chi connectivity index (χ1) is 16.4. The number of aromatic nitrogens is 5. The van der Waals surface area contributed by atoms with Gasteiger partial charge in [0.2, 0.25) is 11.7 Å². The summed E-state index contributed by atoms with van der Waals surface area (Å²) in [4.78, 5) is 18.2. The van der Waals surface area contributed by atoms with Gasteiger partial charge in [0, 0.05) is 29.5 Å². The van der Waals surface area contributed by atoms with Gasteiger partial charge in [-0.2, -0.15) is 4.98 Å². The number of nitrogen functional groups attached to an aromatic ring is 1. The average Bonchev–Trinajstić information content (AvgIpc) is 3.45. The Kier molecular flexibility index (Phi) is 5.62. The van der Waals surface area contributed by atoms with Gasteiger partial charge in [0.1, 0.15) is 40.0 Å². The lowest BCUT2D eigenvalue weighted by Crippen LogP contribution is -2.15. The van der Waals surface area contributed by atoms with Gasteiger partial charge in [-0.1, -0.05) is 12.1 Å². The van der Waals surface area contributed by atoms with Gasteiger partial charge in [-0.25, -0.2) is 23.7 Å². The van der Waals surface area contributed by atoms with Crippen LogP contribution in [0.2, 0.25) is 0 Å². The number of anilines is 2. The lowest BCUT2D eigenvalue weighted by atomic mass is 9.96. The zero-order valence-electron chi connectivity index (χ0n) is 18.2. The highest BCUT2D eigenvalue weighted by Crippen LogP contribution is 2.37. The Morgan fingerprint density at radius 2 is 2.00 bits per heavy atom. The van der Waals surface area contributed by atoms with Crippen LogP contribution in [0.15, 0.2) is 46.6 Å². The molecule has 0 saturated carbocycles. The predicted molar refractivity (Wildman–Crippen MR) is 126 cm³/mol. The first-order valence-electron chi connectivity index (χ1n) is 10.5. The van der Waals surface area contributed by atoms with E-state index in [1.165, 1.54) is 29.8 Å². The van der Waals surface area contributed by atoms with Crippen molar-refractivity contribution in [3.8, 4) is 22.6 Å². The second kappa shape index (κ2) is 8.75. The molecule has 1 aromatic carbocycles. The molecule has 5 rings (SSSR count). The van der Waals surface area contributed by atoms with Gasteiger partial charge in [0.05, 0.1) is 11.7 Å². The Morgan fingerprint density at radius 1 is 1.15 bits per heavy atom. The predicted octanol–water partition coefficient (Wildman–Crippen LogP) is 5.54. The number of benzene rings is 1. The Bertz CT molecular complexity index is 1500. The van der Waals surface area contributed by atoms with E-state index in [4.69, 9.17) is 15.2 Å². The molecule has 1 atom stereocenters. The van der Waals surface area contributed by atoms with Gasteiger partial charge in [-0.05, 0) is 36.1 Å². The van der Waals surface area contributed by atoms with Crippen molar-refractivity contribution in [1.82, 2.24) is 25.1 Å². The van der Waals surface area contributed by atoms with Crippen LogP contribution in [-0.2, 0) is 0 Å². The standard InChI is InChI=1S/C23H19F2N7OS/c1-3-17(30-21-18(20(26)27-10-28-21)22-29-11(2)33-32-22)15-8-12-6-7-34-23(12)31-19(15)14-5-4-13(24)9-16(14)25/h4-10,17H,3H2,1-2H3,(H3,26,27,28,30). The average molecular weight is 480 g/mol. The fourth-order valence-corrected chi connectivity index (χ4v) is 4.52. The first-order valence-corrected chi connectivity index (χ1v) is 11.3. The molecule has 0 aliphatic carbocycles. The maximum absolute atomic E-state index is 14.8. The molecule has 5 aromatic rings. The number of thiophene rings is 1. The number of nitrogens with zero attached hydrogens (tertiary/aromatic N) is 5. The molecule has 0 saturated heterocycles. The molecule has 0 aliphatic heterocycles. The monoisotopic (exact) mass is 479 g/mol. The molecule has 34 heavy (non-hydrogen) atoms. The van der Waals surface area contributed by atoms with Gasteiger partial charge >= 0.3 is 0 Å². The molecule has 4 heterocycles. The molecule has 0 radical (unpaired) electrons. The third kappa shape index (κ3) is 3.94. The first kappa shape index (κ1) is 21.8. The Balaban J connectivity index is 1.65. The highest BCUT2D eigenvalue weighted by Gasteiger charge is 2.24. The van der Waals surface area contributed by atoms with Crippen LogP contribution < -0.4 is 11.1 Å². The molecular formula is C23H19F2N7OS. The van der Waals surface area contributed by atoms with Gasteiger partial charge in [0.25, 0.3) is 0 Å². The SMILES string of the molecule is CCC(Nc1ncnc(N)c1-c1noc(C)n1)c1cc2ccsc2nc1-c1ccc(F)cc1F. The van der Waals surface area contributed by atoms with Crippen molar-refractivity contribution in [1.29, 1.82) is 0 Å². The quantitative estimate of drug-likeness (QED) is 0.326. The van der Waals surface area contributed by atoms with Crippen molar-refractivity contribution >= 4 is 33.2 Å². The van der Waals surface area contributed by atoms with E-state index in [1.54, 1.807) is 6.92 Å². The normalized spacial score (nSPS) is 12.2. The summed E-state index contributed by atoms with van der Waals surface area (Å²) in [6.07, 6.45) is 1.93. The molecule has 0 aliphatic rings. The molecule has 0 fully saturated rings. The van der Waals surface area contributed by atoms with E-state index in [9.17, 15) is 8.78 Å². The molecule has 11 heteroatoms. The van der Waals surface area contributed by atoms with Crippen LogP contribution >= 0.6 is 11.3 Å². The smallest absolute Gasteiger partial charge is 0.223 e. The molecule has 1 unspecified atom stereocenters. The second-order valence-corrected chi connectivity index (χ2v) is 8.48. The van der Waals surface area contributed by atoms with E-state index in [-0.39, 0.29) is 23.2 Å². The lowest BCUT2D eigenvalue weighted by molar-refractivity contribution is 0.394. The van der Waals surface area contributed by atoms with Crippen LogP contribution in [0.1, 0.15) is 30.8 Å². The lowest BCUT2D eigenvalue weighted by Gasteiger charge is -2.22. The number of rotatable bonds is 6. The molecule has 0 bridgehead atoms. The maximum Gasteiger partial charge on any atom is 0.223 e. The van der Waals surface area contributed by atoms with E-state index >= 15 is 0 Å². The fraction of sp³-hybridized carbons (Fsp3) is 0.174. The van der Waals surface area contributed by atoms with Crippen molar-refractivity contribution in [2.45, 2.75) is 26.3 Å². The third-order valence-corrected chi connectivity index (χ3v) is 6.20. The van der Waals surface area contributed by atoms with E-state index in [0.29, 0.717) is 29.4 Å². The summed E-state index contributed by atoms with van der Waals surface area (Å²) < 4.78 is 33.5. The number of pyridine rings is 1. The molecule has 4 aromatic heterocycles. The van der Waals surface area contributed by atoms with Crippen LogP contribution in [0.3, 0.4) is 0 Å². The van der Waals surface area contributed by atoms with Gasteiger partial charge in [0.15, 0.2) is 0 Å². The highest BCUT2D eigenvalue weighted by molar-refractivity contribution is 7.16. The van der Waals surface area contributed by atoms with Crippen molar-refractivity contribution in [2.24, 2.45) is 0 Å². The summed E-state index contributed by atoms with van der Waals surface area (Å²) in [6.45, 7) is 3.65. The van der Waals surface area contributed by atoms with Gasteiger partial charge < -0.3 is 15.6 Å². The van der Waals surface area contributed by atoms with Crippen LogP contribution in [0.4, 0.5) is 20.4 Å². The molecule has 3 N–H and O–H groups in total. The molecular weight excluding hydrogens is 460 g/mol. The van der Waals surface area contributed by atoms with Crippen LogP contribution in [0.25, 0.3) is 32.9 Å². The largest absolute Gasteiger partial charge is 0.383 e. The third-order valence-electron chi connectivity index (χ3n) is 5.38. The summed E-state index contributed by atoms with van der Waals surface area (Å²) in [5.41, 5.74) is 7.89. The summed E-state index contributed by atoms with van der Waals surface area (Å²) >= 11 is 1.45. The summed E-state index contributed by atoms with van der Waals surface area (Å²) in [6, 6.07) is 7.04. The van der Waals surface area contributed by atoms with E-state index in [1.807, 2.05) is 24.4 Å². The topological polar surface area (TPSA) is 116 Å². The molecule has 172 valence electrons. The van der Waals surface area contributed by atoms with Crippen molar-refractivity contribution in [3.05, 3.63) is 65.1 Å². The minimum Gasteiger partial charge on any atom is -0.383 e. The summed E-state index contributed by atoms with van der Waals surface area (Å²) in [7, 11) is 0. The Hall–Kier alpha value is -3.99. The second-order valence-electron chi connectivity index (χ2n) is 7.59. The Labute approximate surface area is 196 Å². The molecule has 0 spiro atoms. The van der Waals surface area contributed by atoms with Crippen LogP contribution in [0.5, 0.6) is 0 Å². The van der Waals surface area contributed by atoms with Crippen LogP contribution in [0, 0.1) is 18.6 Å². The van der Waals surface area contributed by atoms with Gasteiger partial charge in [-0.3, -0.25) is 0 Å².